The largest absolute Gasteiger partial charge is 0.481 e. The summed E-state index contributed by atoms with van der Waals surface area (Å²) in [5, 5.41) is 11.9. The van der Waals surface area contributed by atoms with E-state index in [-0.39, 0.29) is 18.7 Å². The molecule has 1 heterocycles. The number of carboxylic acid groups (broad SMARTS) is 1. The van der Waals surface area contributed by atoms with Crippen LogP contribution in [0.1, 0.15) is 37.8 Å². The van der Waals surface area contributed by atoms with E-state index < -0.39 is 11.5 Å². The molecule has 4 N–H and O–H groups in total. The third-order valence-electron chi connectivity index (χ3n) is 3.64. The van der Waals surface area contributed by atoms with Crippen molar-refractivity contribution in [3.63, 3.8) is 0 Å². The number of nitrogen functional groups attached to an aromatic ring is 1. The van der Waals surface area contributed by atoms with E-state index in [0.717, 1.165) is 25.7 Å². The van der Waals surface area contributed by atoms with Gasteiger partial charge in [-0.2, -0.15) is 0 Å². The lowest BCUT2D eigenvalue weighted by atomic mass is 9.93. The number of nitrogens with zero attached hydrogens (tertiary/aromatic N) is 1. The van der Waals surface area contributed by atoms with Gasteiger partial charge in [0, 0.05) is 5.69 Å². The van der Waals surface area contributed by atoms with E-state index in [2.05, 4.69) is 10.3 Å². The van der Waals surface area contributed by atoms with E-state index in [1.165, 1.54) is 6.20 Å². The number of hydrogen-bond donors (Lipinski definition) is 3. The predicted octanol–water partition coefficient (Wildman–Crippen LogP) is 1.11. The third kappa shape index (κ3) is 3.69. The summed E-state index contributed by atoms with van der Waals surface area (Å²) in [5.41, 5.74) is 6.12. The first-order chi connectivity index (χ1) is 9.49. The van der Waals surface area contributed by atoms with Crippen LogP contribution in [-0.2, 0) is 16.0 Å². The number of hydrogen-bond acceptors (Lipinski definition) is 4. The van der Waals surface area contributed by atoms with Crippen LogP contribution in [0, 0.1) is 0 Å². The number of aromatic nitrogens is 1. The Hall–Kier alpha value is -2.11. The minimum Gasteiger partial charge on any atom is -0.481 e. The molecule has 0 atom stereocenters. The molecule has 2 rings (SSSR count). The summed E-state index contributed by atoms with van der Waals surface area (Å²) < 4.78 is 0. The minimum absolute atomic E-state index is 0.0199. The zero-order valence-corrected chi connectivity index (χ0v) is 11.3. The molecule has 1 amide bonds. The Labute approximate surface area is 117 Å². The summed E-state index contributed by atoms with van der Waals surface area (Å²) in [7, 11) is 0. The van der Waals surface area contributed by atoms with Crippen LogP contribution in [0.2, 0.25) is 0 Å². The highest BCUT2D eigenvalue weighted by Crippen LogP contribution is 2.32. The summed E-state index contributed by atoms with van der Waals surface area (Å²) in [6, 6.07) is 3.39. The van der Waals surface area contributed by atoms with Crippen LogP contribution < -0.4 is 11.1 Å². The number of aliphatic carboxylic acids is 1. The number of nitrogens with one attached hydrogen (secondary N) is 1. The molecule has 1 aliphatic rings. The smallest absolute Gasteiger partial charge is 0.305 e. The second-order valence-corrected chi connectivity index (χ2v) is 5.37. The number of carboxylic acids is 1. The van der Waals surface area contributed by atoms with E-state index in [1.807, 2.05) is 0 Å². The Morgan fingerprint density at radius 3 is 2.60 bits per heavy atom. The lowest BCUT2D eigenvalue weighted by Crippen LogP contribution is -2.48. The number of carbonyl (C=O) groups is 2. The first kappa shape index (κ1) is 14.3. The van der Waals surface area contributed by atoms with Crippen molar-refractivity contribution in [2.24, 2.45) is 0 Å². The molecule has 1 aromatic rings. The van der Waals surface area contributed by atoms with Gasteiger partial charge >= 0.3 is 5.97 Å². The second-order valence-electron chi connectivity index (χ2n) is 5.37. The predicted molar refractivity (Wildman–Crippen MR) is 73.9 cm³/mol. The van der Waals surface area contributed by atoms with E-state index in [4.69, 9.17) is 10.8 Å². The lowest BCUT2D eigenvalue weighted by Gasteiger charge is -2.28. The molecule has 0 bridgehead atoms. The molecular weight excluding hydrogens is 258 g/mol. The molecule has 1 aliphatic carbocycles. The summed E-state index contributed by atoms with van der Waals surface area (Å²) in [5.74, 6) is -1.07. The van der Waals surface area contributed by atoms with Gasteiger partial charge in [-0.05, 0) is 25.0 Å². The zero-order chi connectivity index (χ0) is 14.6. The molecule has 0 unspecified atom stereocenters. The molecule has 0 radical (unpaired) electrons. The molecule has 0 aromatic carbocycles. The van der Waals surface area contributed by atoms with Gasteiger partial charge in [-0.3, -0.25) is 14.6 Å². The molecule has 108 valence electrons. The van der Waals surface area contributed by atoms with Crippen LogP contribution in [0.15, 0.2) is 18.3 Å². The van der Waals surface area contributed by atoms with Crippen LogP contribution >= 0.6 is 0 Å². The van der Waals surface area contributed by atoms with Crippen molar-refractivity contribution in [2.45, 2.75) is 44.1 Å². The van der Waals surface area contributed by atoms with Crippen molar-refractivity contribution in [3.8, 4) is 0 Å². The average molecular weight is 277 g/mol. The van der Waals surface area contributed by atoms with Crippen molar-refractivity contribution in [2.75, 3.05) is 5.73 Å². The van der Waals surface area contributed by atoms with Crippen LogP contribution in [-0.4, -0.2) is 27.5 Å². The molecule has 6 heteroatoms. The molecule has 0 saturated heterocycles. The maximum Gasteiger partial charge on any atom is 0.305 e. The number of anilines is 1. The van der Waals surface area contributed by atoms with Crippen LogP contribution in [0.25, 0.3) is 0 Å². The molecule has 1 fully saturated rings. The molecule has 1 saturated carbocycles. The lowest BCUT2D eigenvalue weighted by molar-refractivity contribution is -0.139. The number of rotatable bonds is 5. The Kier molecular flexibility index (Phi) is 4.22. The second kappa shape index (κ2) is 5.90. The molecule has 6 nitrogen and oxygen atoms in total. The van der Waals surface area contributed by atoms with Gasteiger partial charge in [-0.1, -0.05) is 12.8 Å². The highest BCUT2D eigenvalue weighted by atomic mass is 16.4. The normalized spacial score (nSPS) is 16.8. The number of pyridine rings is 1. The van der Waals surface area contributed by atoms with Crippen LogP contribution in [0.5, 0.6) is 0 Å². The topological polar surface area (TPSA) is 105 Å². The van der Waals surface area contributed by atoms with Gasteiger partial charge in [0.15, 0.2) is 0 Å². The summed E-state index contributed by atoms with van der Waals surface area (Å²) in [6.45, 7) is 0. The summed E-state index contributed by atoms with van der Waals surface area (Å²) in [6.07, 6.45) is 4.97. The fourth-order valence-electron chi connectivity index (χ4n) is 2.73. The Morgan fingerprint density at radius 2 is 2.05 bits per heavy atom. The molecular formula is C14H19N3O3. The zero-order valence-electron chi connectivity index (χ0n) is 11.3. The Morgan fingerprint density at radius 1 is 1.35 bits per heavy atom. The SMILES string of the molecule is Nc1ccc(CC(=O)NC2(CC(=O)O)CCCC2)nc1. The molecule has 20 heavy (non-hydrogen) atoms. The van der Waals surface area contributed by atoms with E-state index in [0.29, 0.717) is 11.4 Å². The first-order valence-corrected chi connectivity index (χ1v) is 6.72. The molecule has 0 aliphatic heterocycles. The number of carbonyl (C=O) groups excluding carboxylic acids is 1. The highest BCUT2D eigenvalue weighted by molar-refractivity contribution is 5.80. The van der Waals surface area contributed by atoms with Crippen molar-refractivity contribution in [3.05, 3.63) is 24.0 Å². The maximum absolute atomic E-state index is 12.1. The van der Waals surface area contributed by atoms with Gasteiger partial charge in [-0.15, -0.1) is 0 Å². The number of amides is 1. The molecule has 0 spiro atoms. The van der Waals surface area contributed by atoms with Gasteiger partial charge < -0.3 is 16.2 Å². The molecule has 1 aromatic heterocycles. The van der Waals surface area contributed by atoms with Gasteiger partial charge in [0.25, 0.3) is 0 Å². The van der Waals surface area contributed by atoms with Crippen LogP contribution in [0.3, 0.4) is 0 Å². The third-order valence-corrected chi connectivity index (χ3v) is 3.64. The van der Waals surface area contributed by atoms with Crippen molar-refractivity contribution in [1.29, 1.82) is 0 Å². The van der Waals surface area contributed by atoms with Crippen molar-refractivity contribution < 1.29 is 14.7 Å². The first-order valence-electron chi connectivity index (χ1n) is 6.72. The summed E-state index contributed by atoms with van der Waals surface area (Å²) >= 11 is 0. The van der Waals surface area contributed by atoms with Gasteiger partial charge in [0.1, 0.15) is 0 Å². The van der Waals surface area contributed by atoms with E-state index in [1.54, 1.807) is 12.1 Å². The van der Waals surface area contributed by atoms with Gasteiger partial charge in [0.2, 0.25) is 5.91 Å². The highest BCUT2D eigenvalue weighted by Gasteiger charge is 2.37. The monoisotopic (exact) mass is 277 g/mol. The van der Waals surface area contributed by atoms with Gasteiger partial charge in [-0.25, -0.2) is 0 Å². The average Bonchev–Trinajstić information content (AvgIpc) is 2.79. The summed E-state index contributed by atoms with van der Waals surface area (Å²) in [4.78, 5) is 27.1. The fourth-order valence-corrected chi connectivity index (χ4v) is 2.73. The Balaban J connectivity index is 1.98. The van der Waals surface area contributed by atoms with E-state index >= 15 is 0 Å². The van der Waals surface area contributed by atoms with Gasteiger partial charge in [0.05, 0.1) is 30.3 Å². The van der Waals surface area contributed by atoms with Crippen molar-refractivity contribution in [1.82, 2.24) is 10.3 Å². The Bertz CT molecular complexity index is 493. The maximum atomic E-state index is 12.1. The van der Waals surface area contributed by atoms with Crippen molar-refractivity contribution >= 4 is 17.6 Å². The van der Waals surface area contributed by atoms with Crippen LogP contribution in [0.4, 0.5) is 5.69 Å². The fraction of sp³-hybridized carbons (Fsp3) is 0.500. The quantitative estimate of drug-likeness (QED) is 0.747. The minimum atomic E-state index is -0.877. The standard InChI is InChI=1S/C14H19N3O3/c15-10-3-4-11(16-9-10)7-12(18)17-14(8-13(19)20)5-1-2-6-14/h3-4,9H,1-2,5-8,15H2,(H,17,18)(H,19,20). The van der Waals surface area contributed by atoms with E-state index in [9.17, 15) is 9.59 Å². The number of nitrogens with two attached hydrogens (primary N) is 1.